The first-order chi connectivity index (χ1) is 11.2. The van der Waals surface area contributed by atoms with Crippen LogP contribution in [0.25, 0.3) is 0 Å². The summed E-state index contributed by atoms with van der Waals surface area (Å²) >= 11 is 0. The molecule has 23 heavy (non-hydrogen) atoms. The number of methoxy groups -OCH3 is 1. The molecule has 7 heteroatoms. The Morgan fingerprint density at radius 2 is 2.09 bits per heavy atom. The molecule has 2 rings (SSSR count). The average molecular weight is 317 g/mol. The summed E-state index contributed by atoms with van der Waals surface area (Å²) in [6.45, 7) is 0.830. The summed E-state index contributed by atoms with van der Waals surface area (Å²) in [5, 5.41) is 6.68. The van der Waals surface area contributed by atoms with Crippen molar-refractivity contribution >= 4 is 5.91 Å². The van der Waals surface area contributed by atoms with Gasteiger partial charge in [0.2, 0.25) is 0 Å². The van der Waals surface area contributed by atoms with Crippen molar-refractivity contribution in [3.8, 4) is 11.5 Å². The second kappa shape index (κ2) is 8.57. The summed E-state index contributed by atoms with van der Waals surface area (Å²) in [7, 11) is 1.57. The molecule has 0 saturated heterocycles. The van der Waals surface area contributed by atoms with E-state index in [1.165, 1.54) is 10.7 Å². The number of aromatic nitrogens is 2. The Balaban J connectivity index is 1.67. The third-order valence-electron chi connectivity index (χ3n) is 3.07. The predicted molar refractivity (Wildman–Crippen MR) is 84.6 cm³/mol. The number of hydrogen-bond acceptors (Lipinski definition) is 5. The second-order valence-electron chi connectivity index (χ2n) is 4.76. The van der Waals surface area contributed by atoms with Crippen LogP contribution in [-0.2, 0) is 11.3 Å². The monoisotopic (exact) mass is 317 g/mol. The molecule has 122 valence electrons. The van der Waals surface area contributed by atoms with Gasteiger partial charge in [-0.1, -0.05) is 6.07 Å². The fourth-order valence-electron chi connectivity index (χ4n) is 1.90. The van der Waals surface area contributed by atoms with E-state index in [1.54, 1.807) is 43.6 Å². The number of rotatable bonds is 8. The van der Waals surface area contributed by atoms with Crippen molar-refractivity contribution in [2.75, 3.05) is 20.3 Å². The molecule has 0 aliphatic rings. The van der Waals surface area contributed by atoms with Gasteiger partial charge in [-0.25, -0.2) is 4.68 Å². The van der Waals surface area contributed by atoms with Gasteiger partial charge in [0, 0.05) is 31.4 Å². The van der Waals surface area contributed by atoms with E-state index in [-0.39, 0.29) is 18.1 Å². The molecule has 0 atom stereocenters. The van der Waals surface area contributed by atoms with Crippen molar-refractivity contribution in [2.24, 2.45) is 0 Å². The molecule has 1 amide bonds. The van der Waals surface area contributed by atoms with Crippen LogP contribution >= 0.6 is 0 Å². The number of nitrogens with one attached hydrogen (secondary N) is 1. The second-order valence-corrected chi connectivity index (χ2v) is 4.76. The lowest BCUT2D eigenvalue weighted by molar-refractivity contribution is -0.123. The van der Waals surface area contributed by atoms with Crippen LogP contribution in [0.1, 0.15) is 6.42 Å². The van der Waals surface area contributed by atoms with E-state index in [1.807, 2.05) is 0 Å². The molecule has 2 aromatic rings. The van der Waals surface area contributed by atoms with E-state index < -0.39 is 0 Å². The maximum Gasteiger partial charge on any atom is 0.266 e. The molecule has 0 saturated carbocycles. The standard InChI is InChI=1S/C16H19N3O4/c1-22-13-5-2-6-14(11-13)23-12-15(20)17-8-4-10-19-16(21)7-3-9-18-19/h2-3,5-7,9,11H,4,8,10,12H2,1H3,(H,17,20). The number of nitrogens with zero attached hydrogens (tertiary/aromatic N) is 2. The number of benzene rings is 1. The van der Waals surface area contributed by atoms with Crippen molar-refractivity contribution in [1.29, 1.82) is 0 Å². The smallest absolute Gasteiger partial charge is 0.266 e. The lowest BCUT2D eigenvalue weighted by Gasteiger charge is -2.08. The molecule has 0 unspecified atom stereocenters. The Bertz CT molecular complexity index is 699. The maximum atomic E-state index is 11.7. The van der Waals surface area contributed by atoms with Gasteiger partial charge in [-0.3, -0.25) is 9.59 Å². The van der Waals surface area contributed by atoms with Gasteiger partial charge in [-0.15, -0.1) is 0 Å². The van der Waals surface area contributed by atoms with Gasteiger partial charge in [-0.05, 0) is 24.6 Å². The van der Waals surface area contributed by atoms with Crippen molar-refractivity contribution < 1.29 is 14.3 Å². The van der Waals surface area contributed by atoms with E-state index in [4.69, 9.17) is 9.47 Å². The van der Waals surface area contributed by atoms with Gasteiger partial charge in [0.05, 0.1) is 7.11 Å². The van der Waals surface area contributed by atoms with Crippen molar-refractivity contribution in [3.63, 3.8) is 0 Å². The summed E-state index contributed by atoms with van der Waals surface area (Å²) in [6.07, 6.45) is 2.17. The fraction of sp³-hybridized carbons (Fsp3) is 0.312. The summed E-state index contributed by atoms with van der Waals surface area (Å²) < 4.78 is 11.8. The van der Waals surface area contributed by atoms with Crippen LogP contribution in [-0.4, -0.2) is 35.9 Å². The topological polar surface area (TPSA) is 82.4 Å². The molecule has 1 aromatic heterocycles. The molecular formula is C16H19N3O4. The first kappa shape index (κ1) is 16.5. The SMILES string of the molecule is COc1cccc(OCC(=O)NCCCn2ncccc2=O)c1. The van der Waals surface area contributed by atoms with Crippen LogP contribution in [0.4, 0.5) is 0 Å². The van der Waals surface area contributed by atoms with Crippen LogP contribution in [0.2, 0.25) is 0 Å². The molecule has 1 heterocycles. The first-order valence-electron chi connectivity index (χ1n) is 7.25. The zero-order valence-electron chi connectivity index (χ0n) is 12.9. The molecule has 0 aliphatic heterocycles. The van der Waals surface area contributed by atoms with Gasteiger partial charge in [0.1, 0.15) is 11.5 Å². The molecular weight excluding hydrogens is 298 g/mol. The van der Waals surface area contributed by atoms with Crippen molar-refractivity contribution in [1.82, 2.24) is 15.1 Å². The van der Waals surface area contributed by atoms with E-state index in [2.05, 4.69) is 10.4 Å². The zero-order chi connectivity index (χ0) is 16.5. The lowest BCUT2D eigenvalue weighted by Crippen LogP contribution is -2.31. The van der Waals surface area contributed by atoms with Gasteiger partial charge in [0.25, 0.3) is 11.5 Å². The largest absolute Gasteiger partial charge is 0.497 e. The Labute approximate surface area is 133 Å². The van der Waals surface area contributed by atoms with Gasteiger partial charge >= 0.3 is 0 Å². The number of aryl methyl sites for hydroxylation is 1. The normalized spacial score (nSPS) is 10.1. The summed E-state index contributed by atoms with van der Waals surface area (Å²) in [5.74, 6) is 1.02. The van der Waals surface area contributed by atoms with E-state index >= 15 is 0 Å². The number of amides is 1. The average Bonchev–Trinajstić information content (AvgIpc) is 2.58. The third-order valence-corrected chi connectivity index (χ3v) is 3.07. The van der Waals surface area contributed by atoms with Crippen LogP contribution in [0.15, 0.2) is 47.4 Å². The van der Waals surface area contributed by atoms with Crippen LogP contribution < -0.4 is 20.3 Å². The number of carbonyl (C=O) groups is 1. The number of carbonyl (C=O) groups excluding carboxylic acids is 1. The van der Waals surface area contributed by atoms with Gasteiger partial charge in [0.15, 0.2) is 6.61 Å². The molecule has 7 nitrogen and oxygen atoms in total. The molecule has 0 fully saturated rings. The Hall–Kier alpha value is -2.83. The molecule has 0 spiro atoms. The van der Waals surface area contributed by atoms with Gasteiger partial charge in [-0.2, -0.15) is 5.10 Å². The molecule has 1 N–H and O–H groups in total. The minimum atomic E-state index is -0.221. The summed E-state index contributed by atoms with van der Waals surface area (Å²) in [4.78, 5) is 23.1. The zero-order valence-corrected chi connectivity index (χ0v) is 12.9. The van der Waals surface area contributed by atoms with Gasteiger partial charge < -0.3 is 14.8 Å². The highest BCUT2D eigenvalue weighted by Crippen LogP contribution is 2.18. The fourth-order valence-corrected chi connectivity index (χ4v) is 1.90. The van der Waals surface area contributed by atoms with Crippen molar-refractivity contribution in [3.05, 3.63) is 52.9 Å². The third kappa shape index (κ3) is 5.46. The minimum Gasteiger partial charge on any atom is -0.497 e. The van der Waals surface area contributed by atoms with Crippen molar-refractivity contribution in [2.45, 2.75) is 13.0 Å². The Morgan fingerprint density at radius 1 is 1.26 bits per heavy atom. The highest BCUT2D eigenvalue weighted by atomic mass is 16.5. The molecule has 0 radical (unpaired) electrons. The Morgan fingerprint density at radius 3 is 2.87 bits per heavy atom. The molecule has 1 aromatic carbocycles. The van der Waals surface area contributed by atoms with E-state index in [0.717, 1.165) is 0 Å². The quantitative estimate of drug-likeness (QED) is 0.730. The van der Waals surface area contributed by atoms with Crippen LogP contribution in [0.5, 0.6) is 11.5 Å². The van der Waals surface area contributed by atoms with E-state index in [9.17, 15) is 9.59 Å². The Kier molecular flexibility index (Phi) is 6.17. The van der Waals surface area contributed by atoms with E-state index in [0.29, 0.717) is 31.0 Å². The maximum absolute atomic E-state index is 11.7. The number of hydrogen-bond donors (Lipinski definition) is 1. The summed E-state index contributed by atoms with van der Waals surface area (Å²) in [5.41, 5.74) is -0.153. The minimum absolute atomic E-state index is 0.0727. The first-order valence-corrected chi connectivity index (χ1v) is 7.25. The highest BCUT2D eigenvalue weighted by molar-refractivity contribution is 5.77. The molecule has 0 bridgehead atoms. The number of ether oxygens (including phenoxy) is 2. The molecule has 0 aliphatic carbocycles. The van der Waals surface area contributed by atoms with Crippen LogP contribution in [0, 0.1) is 0 Å². The predicted octanol–water partition coefficient (Wildman–Crippen LogP) is 0.837. The lowest BCUT2D eigenvalue weighted by atomic mass is 10.3. The summed E-state index contributed by atoms with van der Waals surface area (Å²) in [6, 6.07) is 10.1. The highest BCUT2D eigenvalue weighted by Gasteiger charge is 2.03. The van der Waals surface area contributed by atoms with Crippen LogP contribution in [0.3, 0.4) is 0 Å².